The van der Waals surface area contributed by atoms with E-state index in [4.69, 9.17) is 11.7 Å². The minimum atomic E-state index is 0.528. The minimum absolute atomic E-state index is 0.528. The first-order chi connectivity index (χ1) is 8.94. The lowest BCUT2D eigenvalue weighted by atomic mass is 10.2. The summed E-state index contributed by atoms with van der Waals surface area (Å²) < 4.78 is 4.25. The molecule has 0 aromatic heterocycles. The van der Waals surface area contributed by atoms with Crippen LogP contribution in [0.2, 0.25) is 0 Å². The van der Waals surface area contributed by atoms with Gasteiger partial charge in [0.1, 0.15) is 0 Å². The summed E-state index contributed by atoms with van der Waals surface area (Å²) in [6.45, 7) is 0. The Bertz CT molecular complexity index is 357. The van der Waals surface area contributed by atoms with Crippen molar-refractivity contribution in [1.82, 2.24) is 5.01 Å². The van der Waals surface area contributed by atoms with E-state index in [-0.39, 0.29) is 0 Å². The van der Waals surface area contributed by atoms with Gasteiger partial charge in [0.25, 0.3) is 0 Å². The number of carbonyl (C=O) groups excluding carboxylic acids is 2. The smallest absolute Gasteiger partial charge is 0.223 e. The molecular formula is C12H22N4O3. The number of anilines is 1. The summed E-state index contributed by atoms with van der Waals surface area (Å²) in [5, 5.41) is 2.36. The Morgan fingerprint density at radius 1 is 1.11 bits per heavy atom. The SMILES string of the molecule is CN(N)C=O.CN(N)c1ccccc1C=O.COC. The summed E-state index contributed by atoms with van der Waals surface area (Å²) in [6.07, 6.45) is 1.32. The molecule has 108 valence electrons. The number of rotatable bonds is 3. The second-order valence-corrected chi connectivity index (χ2v) is 3.47. The van der Waals surface area contributed by atoms with E-state index in [9.17, 15) is 9.59 Å². The lowest BCUT2D eigenvalue weighted by molar-refractivity contribution is -0.117. The van der Waals surface area contributed by atoms with E-state index in [0.29, 0.717) is 12.0 Å². The van der Waals surface area contributed by atoms with Crippen LogP contribution in [0.3, 0.4) is 0 Å². The van der Waals surface area contributed by atoms with E-state index in [1.807, 2.05) is 6.07 Å². The zero-order valence-electron chi connectivity index (χ0n) is 11.7. The number of nitrogens with zero attached hydrogens (tertiary/aromatic N) is 2. The molecule has 1 aromatic rings. The van der Waals surface area contributed by atoms with Gasteiger partial charge in [0, 0.05) is 33.9 Å². The summed E-state index contributed by atoms with van der Waals surface area (Å²) in [6, 6.07) is 7.16. The molecule has 1 amide bonds. The molecule has 0 heterocycles. The van der Waals surface area contributed by atoms with Crippen molar-refractivity contribution in [1.29, 1.82) is 0 Å². The van der Waals surface area contributed by atoms with Gasteiger partial charge >= 0.3 is 0 Å². The first-order valence-corrected chi connectivity index (χ1v) is 5.30. The zero-order valence-corrected chi connectivity index (χ0v) is 11.7. The van der Waals surface area contributed by atoms with Crippen LogP contribution in [0, 0.1) is 0 Å². The molecule has 7 heteroatoms. The second-order valence-electron chi connectivity index (χ2n) is 3.47. The number of nitrogens with two attached hydrogens (primary N) is 2. The molecule has 0 radical (unpaired) electrons. The number of benzene rings is 1. The minimum Gasteiger partial charge on any atom is -0.388 e. The van der Waals surface area contributed by atoms with Crippen molar-refractivity contribution < 1.29 is 14.3 Å². The second kappa shape index (κ2) is 12.5. The van der Waals surface area contributed by atoms with Crippen LogP contribution in [0.25, 0.3) is 0 Å². The molecule has 0 spiro atoms. The zero-order chi connectivity index (χ0) is 15.3. The van der Waals surface area contributed by atoms with E-state index in [2.05, 4.69) is 4.74 Å². The topological polar surface area (TPSA) is 102 Å². The van der Waals surface area contributed by atoms with Gasteiger partial charge < -0.3 is 9.75 Å². The summed E-state index contributed by atoms with van der Waals surface area (Å²) in [4.78, 5) is 19.8. The Morgan fingerprint density at radius 2 is 1.53 bits per heavy atom. The fraction of sp³-hybridized carbons (Fsp3) is 0.333. The average molecular weight is 270 g/mol. The van der Waals surface area contributed by atoms with Crippen LogP contribution < -0.4 is 16.7 Å². The highest BCUT2D eigenvalue weighted by Crippen LogP contribution is 2.13. The van der Waals surface area contributed by atoms with Crippen LogP contribution in [0.15, 0.2) is 24.3 Å². The third-order valence-corrected chi connectivity index (χ3v) is 1.61. The first kappa shape index (κ1) is 19.4. The fourth-order valence-corrected chi connectivity index (χ4v) is 0.908. The summed E-state index contributed by atoms with van der Waals surface area (Å²) in [5.41, 5.74) is 1.35. The highest BCUT2D eigenvalue weighted by molar-refractivity contribution is 5.84. The maximum absolute atomic E-state index is 10.4. The molecule has 0 saturated carbocycles. The lowest BCUT2D eigenvalue weighted by Gasteiger charge is -2.13. The van der Waals surface area contributed by atoms with Crippen LogP contribution in [0.1, 0.15) is 10.4 Å². The van der Waals surface area contributed by atoms with Crippen LogP contribution in [0.5, 0.6) is 0 Å². The Labute approximate surface area is 113 Å². The van der Waals surface area contributed by atoms with Crippen molar-refractivity contribution in [2.24, 2.45) is 11.7 Å². The largest absolute Gasteiger partial charge is 0.388 e. The first-order valence-electron chi connectivity index (χ1n) is 5.30. The van der Waals surface area contributed by atoms with E-state index in [0.717, 1.165) is 17.0 Å². The summed E-state index contributed by atoms with van der Waals surface area (Å²) >= 11 is 0. The number of carbonyl (C=O) groups is 2. The van der Waals surface area contributed by atoms with Crippen molar-refractivity contribution in [2.75, 3.05) is 33.3 Å². The van der Waals surface area contributed by atoms with E-state index < -0.39 is 0 Å². The van der Waals surface area contributed by atoms with Gasteiger partial charge in [-0.25, -0.2) is 11.7 Å². The van der Waals surface area contributed by atoms with Crippen LogP contribution in [-0.4, -0.2) is 46.0 Å². The molecule has 19 heavy (non-hydrogen) atoms. The summed E-state index contributed by atoms with van der Waals surface area (Å²) in [7, 11) is 6.41. The predicted octanol–water partition coefficient (Wildman–Crippen LogP) is 0.0199. The van der Waals surface area contributed by atoms with Gasteiger partial charge in [-0.05, 0) is 12.1 Å². The number of methoxy groups -OCH3 is 1. The van der Waals surface area contributed by atoms with E-state index >= 15 is 0 Å². The van der Waals surface area contributed by atoms with Gasteiger partial charge in [0.05, 0.1) is 5.69 Å². The third-order valence-electron chi connectivity index (χ3n) is 1.61. The molecule has 1 rings (SSSR count). The number of hydrazine groups is 2. The highest BCUT2D eigenvalue weighted by atomic mass is 16.4. The van der Waals surface area contributed by atoms with Crippen LogP contribution in [0.4, 0.5) is 5.69 Å². The van der Waals surface area contributed by atoms with E-state index in [1.165, 1.54) is 12.1 Å². The van der Waals surface area contributed by atoms with Gasteiger partial charge in [-0.3, -0.25) is 14.6 Å². The monoisotopic (exact) mass is 270 g/mol. The normalized spacial score (nSPS) is 8.11. The van der Waals surface area contributed by atoms with Gasteiger partial charge in [-0.1, -0.05) is 12.1 Å². The number of hydrogen-bond donors (Lipinski definition) is 2. The molecule has 0 fully saturated rings. The molecule has 1 aromatic carbocycles. The molecule has 0 saturated heterocycles. The van der Waals surface area contributed by atoms with Crippen molar-refractivity contribution in [3.8, 4) is 0 Å². The lowest BCUT2D eigenvalue weighted by Crippen LogP contribution is -2.26. The number of ether oxygens (including phenoxy) is 1. The molecule has 0 aliphatic rings. The standard InChI is InChI=1S/C8H10N2O.C2H6N2O.C2H6O/c1-10(9)8-5-3-2-4-7(8)6-11;1-4(3)2-5;1-3-2/h2-6H,9H2,1H3;2H,3H2,1H3;1-2H3. The fourth-order valence-electron chi connectivity index (χ4n) is 0.908. The van der Waals surface area contributed by atoms with E-state index in [1.54, 1.807) is 39.5 Å². The average Bonchev–Trinajstić information content (AvgIpc) is 2.40. The van der Waals surface area contributed by atoms with Crippen LogP contribution >= 0.6 is 0 Å². The van der Waals surface area contributed by atoms with Gasteiger partial charge in [-0.2, -0.15) is 0 Å². The van der Waals surface area contributed by atoms with Crippen LogP contribution in [-0.2, 0) is 9.53 Å². The van der Waals surface area contributed by atoms with Gasteiger partial charge in [-0.15, -0.1) is 0 Å². The molecule has 0 aliphatic carbocycles. The molecule has 4 N–H and O–H groups in total. The molecule has 0 bridgehead atoms. The van der Waals surface area contributed by atoms with Gasteiger partial charge in [0.2, 0.25) is 6.41 Å². The Balaban J connectivity index is 0. The molecule has 0 unspecified atom stereocenters. The highest BCUT2D eigenvalue weighted by Gasteiger charge is 2.00. The maximum Gasteiger partial charge on any atom is 0.223 e. The van der Waals surface area contributed by atoms with Crippen molar-refractivity contribution in [2.45, 2.75) is 0 Å². The number of para-hydroxylation sites is 1. The van der Waals surface area contributed by atoms with Gasteiger partial charge in [0.15, 0.2) is 6.29 Å². The molecule has 7 nitrogen and oxygen atoms in total. The Kier molecular flexibility index (Phi) is 12.7. The number of amides is 1. The molecule has 0 atom stereocenters. The molecule has 0 aliphatic heterocycles. The predicted molar refractivity (Wildman–Crippen MR) is 75.4 cm³/mol. The number of hydrogen-bond acceptors (Lipinski definition) is 6. The third kappa shape index (κ3) is 10.9. The van der Waals surface area contributed by atoms with Crippen molar-refractivity contribution >= 4 is 18.4 Å². The Hall–Kier alpha value is -1.96. The molecular weight excluding hydrogens is 248 g/mol. The Morgan fingerprint density at radius 3 is 1.79 bits per heavy atom. The summed E-state index contributed by atoms with van der Waals surface area (Å²) in [5.74, 6) is 10.2. The maximum atomic E-state index is 10.4. The van der Waals surface area contributed by atoms with Crippen molar-refractivity contribution in [3.05, 3.63) is 29.8 Å². The van der Waals surface area contributed by atoms with Crippen molar-refractivity contribution in [3.63, 3.8) is 0 Å². The number of aldehydes is 1. The quantitative estimate of drug-likeness (QED) is 0.347.